The number of piperazine rings is 1. The van der Waals surface area contributed by atoms with E-state index >= 15 is 0 Å². The number of hydrogen-bond donors (Lipinski definition) is 4. The average Bonchev–Trinajstić information content (AvgIpc) is 3.14. The largest absolute Gasteiger partial charge is 0.492 e. The van der Waals surface area contributed by atoms with Crippen molar-refractivity contribution in [3.05, 3.63) is 78.1 Å². The lowest BCUT2D eigenvalue weighted by Gasteiger charge is -2.40. The molecule has 1 unspecified atom stereocenters. The van der Waals surface area contributed by atoms with Gasteiger partial charge in [0.25, 0.3) is 5.91 Å². The van der Waals surface area contributed by atoms with Crippen LogP contribution in [0.3, 0.4) is 0 Å². The van der Waals surface area contributed by atoms with Gasteiger partial charge in [-0.1, -0.05) is 52.0 Å². The molecular weight excluding hydrogens is 678 g/mol. The Morgan fingerprint density at radius 2 is 1.57 bits per heavy atom. The molecule has 1 atom stereocenters. The molecule has 0 bridgehead atoms. The summed E-state index contributed by atoms with van der Waals surface area (Å²) in [6.45, 7) is 11.7. The number of benzene rings is 3. The summed E-state index contributed by atoms with van der Waals surface area (Å²) in [5.41, 5.74) is 1.98. The predicted molar refractivity (Wildman–Crippen MR) is 204 cm³/mol. The monoisotopic (exact) mass is 725 g/mol. The van der Waals surface area contributed by atoms with Crippen LogP contribution >= 0.6 is 0 Å². The molecule has 4 aromatic rings. The highest BCUT2D eigenvalue weighted by molar-refractivity contribution is 6.08. The molecule has 0 spiro atoms. The first kappa shape index (κ1) is 38.2. The minimum absolute atomic E-state index is 0.101. The van der Waals surface area contributed by atoms with Crippen molar-refractivity contribution in [1.29, 1.82) is 0 Å². The number of amides is 6. The number of methoxy groups -OCH3 is 2. The number of nitrogens with zero attached hydrogens (tertiary/aromatic N) is 3. The van der Waals surface area contributed by atoms with Gasteiger partial charge in [-0.3, -0.25) is 15.1 Å². The molecule has 1 aliphatic heterocycles. The Balaban J connectivity index is 1.34. The van der Waals surface area contributed by atoms with Crippen molar-refractivity contribution < 1.29 is 33.4 Å². The lowest BCUT2D eigenvalue weighted by Crippen LogP contribution is -2.58. The highest BCUT2D eigenvalue weighted by Gasteiger charge is 2.32. The summed E-state index contributed by atoms with van der Waals surface area (Å²) in [5, 5.41) is 12.8. The first-order valence-corrected chi connectivity index (χ1v) is 17.5. The molecule has 4 N–H and O–H groups in total. The normalized spacial score (nSPS) is 14.3. The molecule has 0 aliphatic carbocycles. The van der Waals surface area contributed by atoms with E-state index in [1.807, 2.05) is 58.9 Å². The van der Waals surface area contributed by atoms with Crippen molar-refractivity contribution >= 4 is 51.9 Å². The second kappa shape index (κ2) is 16.5. The van der Waals surface area contributed by atoms with Crippen molar-refractivity contribution in [2.24, 2.45) is 0 Å². The number of hydrogen-bond acceptors (Lipinski definition) is 8. The average molecular weight is 726 g/mol. The molecule has 5 rings (SSSR count). The van der Waals surface area contributed by atoms with Crippen LogP contribution in [-0.4, -0.2) is 85.3 Å². The molecule has 1 saturated heterocycles. The van der Waals surface area contributed by atoms with Crippen LogP contribution in [0.5, 0.6) is 17.2 Å². The lowest BCUT2D eigenvalue weighted by molar-refractivity contribution is 0.0547. The van der Waals surface area contributed by atoms with E-state index in [0.717, 1.165) is 10.9 Å². The Hall–Kier alpha value is -6.05. The third-order valence-electron chi connectivity index (χ3n) is 8.97. The van der Waals surface area contributed by atoms with E-state index < -0.39 is 12.1 Å². The summed E-state index contributed by atoms with van der Waals surface area (Å²) in [6, 6.07) is 17.0. The quantitative estimate of drug-likeness (QED) is 0.139. The Morgan fingerprint density at radius 3 is 2.23 bits per heavy atom. The van der Waals surface area contributed by atoms with E-state index in [-0.39, 0.29) is 34.8 Å². The van der Waals surface area contributed by atoms with Crippen LogP contribution in [0.1, 0.15) is 57.1 Å². The number of nitrogens with one attached hydrogen (secondary N) is 4. The molecule has 0 saturated carbocycles. The fourth-order valence-electron chi connectivity index (χ4n) is 6.16. The predicted octanol–water partition coefficient (Wildman–Crippen LogP) is 7.42. The second-order valence-corrected chi connectivity index (χ2v) is 13.5. The summed E-state index contributed by atoms with van der Waals surface area (Å²) >= 11 is 0. The van der Waals surface area contributed by atoms with E-state index in [1.165, 1.54) is 20.4 Å². The molecule has 1 fully saturated rings. The Morgan fingerprint density at radius 1 is 0.868 bits per heavy atom. The van der Waals surface area contributed by atoms with Gasteiger partial charge in [0, 0.05) is 49.2 Å². The number of carbonyl (C=O) groups excluding carboxylic acids is 4. The number of rotatable bonds is 9. The maximum Gasteiger partial charge on any atom is 0.411 e. The van der Waals surface area contributed by atoms with E-state index in [1.54, 1.807) is 46.2 Å². The Bertz CT molecular complexity index is 2000. The van der Waals surface area contributed by atoms with Crippen LogP contribution in [0.2, 0.25) is 0 Å². The summed E-state index contributed by atoms with van der Waals surface area (Å²) in [7, 11) is 2.71. The number of fused-ring (bicyclic) bond motifs is 1. The standard InChI is InChI=1S/C39H47N7O7/c1-8-25-23-45(18-19-46(25)37(49)40-9-2)35(47)32-22-26(16-17-41-32)53-33-15-14-29(27-12-10-11-13-28(27)33)42-36(48)43-30-20-24(39(3,4)5)21-31(34(30)51-6)44-38(50)52-7/h10-17,20-22,25H,8-9,18-19,23H2,1-7H3,(H,40,49)(H,44,50)(H2,42,43,48). The van der Waals surface area contributed by atoms with Crippen LogP contribution in [-0.2, 0) is 10.2 Å². The maximum absolute atomic E-state index is 13.6. The van der Waals surface area contributed by atoms with Crippen molar-refractivity contribution in [2.45, 2.75) is 52.5 Å². The first-order valence-electron chi connectivity index (χ1n) is 17.5. The molecule has 3 aromatic carbocycles. The number of ether oxygens (including phenoxy) is 3. The van der Waals surface area contributed by atoms with Gasteiger partial charge in [0.05, 0.1) is 37.3 Å². The number of urea groups is 2. The van der Waals surface area contributed by atoms with Gasteiger partial charge in [0.15, 0.2) is 5.75 Å². The van der Waals surface area contributed by atoms with Gasteiger partial charge in [-0.15, -0.1) is 0 Å². The topological polar surface area (TPSA) is 163 Å². The molecule has 0 radical (unpaired) electrons. The summed E-state index contributed by atoms with van der Waals surface area (Å²) in [4.78, 5) is 59.5. The highest BCUT2D eigenvalue weighted by Crippen LogP contribution is 2.39. The van der Waals surface area contributed by atoms with Crippen LogP contribution in [0.4, 0.5) is 31.4 Å². The zero-order chi connectivity index (χ0) is 38.3. The fraction of sp³-hybridized carbons (Fsp3) is 0.359. The molecule has 1 aromatic heterocycles. The molecule has 1 aliphatic rings. The molecule has 2 heterocycles. The van der Waals surface area contributed by atoms with Gasteiger partial charge in [0.1, 0.15) is 17.2 Å². The molecule has 53 heavy (non-hydrogen) atoms. The number of aromatic nitrogens is 1. The van der Waals surface area contributed by atoms with Crippen molar-refractivity contribution in [3.8, 4) is 17.2 Å². The van der Waals surface area contributed by atoms with Crippen LogP contribution < -0.4 is 30.7 Å². The van der Waals surface area contributed by atoms with Gasteiger partial charge in [-0.25, -0.2) is 14.4 Å². The number of carbonyl (C=O) groups is 4. The summed E-state index contributed by atoms with van der Waals surface area (Å²) in [5.74, 6) is 0.949. The molecular formula is C39H47N7O7. The van der Waals surface area contributed by atoms with Crippen molar-refractivity contribution in [2.75, 3.05) is 56.3 Å². The fourth-order valence-corrected chi connectivity index (χ4v) is 6.16. The Kier molecular flexibility index (Phi) is 11.9. The highest BCUT2D eigenvalue weighted by atomic mass is 16.5. The smallest absolute Gasteiger partial charge is 0.411 e. The van der Waals surface area contributed by atoms with E-state index in [2.05, 4.69) is 26.3 Å². The van der Waals surface area contributed by atoms with Crippen molar-refractivity contribution in [1.82, 2.24) is 20.1 Å². The van der Waals surface area contributed by atoms with Gasteiger partial charge in [0.2, 0.25) is 0 Å². The van der Waals surface area contributed by atoms with E-state index in [9.17, 15) is 19.2 Å². The molecule has 280 valence electrons. The molecule has 6 amide bonds. The number of anilines is 3. The summed E-state index contributed by atoms with van der Waals surface area (Å²) < 4.78 is 16.7. The van der Waals surface area contributed by atoms with Gasteiger partial charge >= 0.3 is 18.2 Å². The van der Waals surface area contributed by atoms with Crippen LogP contribution in [0.15, 0.2) is 66.9 Å². The number of pyridine rings is 1. The maximum atomic E-state index is 13.6. The molecule has 14 heteroatoms. The first-order chi connectivity index (χ1) is 25.4. The Labute approximate surface area is 309 Å². The van der Waals surface area contributed by atoms with Crippen molar-refractivity contribution in [3.63, 3.8) is 0 Å². The zero-order valence-electron chi connectivity index (χ0n) is 31.2. The van der Waals surface area contributed by atoms with Gasteiger partial charge in [-0.2, -0.15) is 0 Å². The van der Waals surface area contributed by atoms with E-state index in [4.69, 9.17) is 14.2 Å². The second-order valence-electron chi connectivity index (χ2n) is 13.5. The minimum Gasteiger partial charge on any atom is -0.492 e. The van der Waals surface area contributed by atoms with Gasteiger partial charge < -0.3 is 40.0 Å². The van der Waals surface area contributed by atoms with E-state index in [0.29, 0.717) is 66.5 Å². The third-order valence-corrected chi connectivity index (χ3v) is 8.97. The SMILES string of the molecule is CCNC(=O)N1CCN(C(=O)c2cc(Oc3ccc(NC(=O)Nc4cc(C(C)(C)C)cc(NC(=O)OC)c4OC)c4ccccc34)ccn2)CC1CC. The van der Waals surface area contributed by atoms with Gasteiger partial charge in [-0.05, 0) is 54.7 Å². The summed E-state index contributed by atoms with van der Waals surface area (Å²) in [6.07, 6.45) is 1.57. The lowest BCUT2D eigenvalue weighted by atomic mass is 9.86. The minimum atomic E-state index is -0.675. The molecule has 14 nitrogen and oxygen atoms in total. The van der Waals surface area contributed by atoms with Crippen LogP contribution in [0, 0.1) is 0 Å². The zero-order valence-corrected chi connectivity index (χ0v) is 31.2. The van der Waals surface area contributed by atoms with Crippen LogP contribution in [0.25, 0.3) is 10.8 Å². The third kappa shape index (κ3) is 8.88.